The van der Waals surface area contributed by atoms with Crippen molar-refractivity contribution >= 4 is 12.0 Å². The van der Waals surface area contributed by atoms with E-state index in [4.69, 9.17) is 0 Å². The smallest absolute Gasteiger partial charge is 0.320 e. The Hall–Kier alpha value is -2.90. The van der Waals surface area contributed by atoms with Crippen molar-refractivity contribution in [2.45, 2.75) is 89.4 Å². The number of carbonyl (C=O) groups is 2. The van der Waals surface area contributed by atoms with Crippen LogP contribution in [0.5, 0.6) is 0 Å². The van der Waals surface area contributed by atoms with Crippen molar-refractivity contribution in [1.29, 1.82) is 0 Å². The molecule has 2 aliphatic rings. The molecule has 2 aromatic rings. The van der Waals surface area contributed by atoms with Crippen molar-refractivity contribution in [3.63, 3.8) is 0 Å². The Kier molecular flexibility index (Phi) is 11.4. The summed E-state index contributed by atoms with van der Waals surface area (Å²) in [6, 6.07) is 20.9. The number of carboxylic acids is 1. The standard InChI is InChI=1S/C33H48N4O3/c1-3-11-31(32(38)39)35-28-21-27(30(22-28)26-14-9-6-10-15-26)24-36-19-16-29(17-20-36)37(18-4-2)33(40)34-23-25-12-7-5-8-13-25/h5-10,12-15,27-31,35H,3-4,11,16-24H2,1-2H3,(H,34,40)(H,38,39)/t27-,28?,30-,31?/m1/s1. The van der Waals surface area contributed by atoms with Crippen LogP contribution >= 0.6 is 0 Å². The van der Waals surface area contributed by atoms with Gasteiger partial charge in [0.05, 0.1) is 0 Å². The number of carbonyl (C=O) groups excluding carboxylic acids is 1. The lowest BCUT2D eigenvalue weighted by molar-refractivity contribution is -0.139. The van der Waals surface area contributed by atoms with Crippen molar-refractivity contribution < 1.29 is 14.7 Å². The van der Waals surface area contributed by atoms with E-state index in [1.165, 1.54) is 5.56 Å². The molecule has 1 heterocycles. The number of hydrogen-bond donors (Lipinski definition) is 3. The van der Waals surface area contributed by atoms with E-state index < -0.39 is 12.0 Å². The molecule has 40 heavy (non-hydrogen) atoms. The molecule has 1 aliphatic heterocycles. The fourth-order valence-electron chi connectivity index (χ4n) is 6.73. The first-order valence-electron chi connectivity index (χ1n) is 15.3. The van der Waals surface area contributed by atoms with Crippen molar-refractivity contribution in [3.05, 3.63) is 71.8 Å². The van der Waals surface area contributed by atoms with E-state index in [0.717, 1.165) is 70.3 Å². The maximum atomic E-state index is 13.1. The average Bonchev–Trinajstić information content (AvgIpc) is 3.38. The Labute approximate surface area is 240 Å². The van der Waals surface area contributed by atoms with Gasteiger partial charge in [0, 0.05) is 44.8 Å². The number of rotatable bonds is 13. The molecule has 3 N–H and O–H groups in total. The quantitative estimate of drug-likeness (QED) is 0.309. The Morgan fingerprint density at radius 1 is 0.975 bits per heavy atom. The predicted molar refractivity (Wildman–Crippen MR) is 160 cm³/mol. The van der Waals surface area contributed by atoms with Gasteiger partial charge in [-0.2, -0.15) is 0 Å². The van der Waals surface area contributed by atoms with Crippen molar-refractivity contribution in [3.8, 4) is 0 Å². The summed E-state index contributed by atoms with van der Waals surface area (Å²) in [6.07, 6.45) is 6.41. The second-order valence-corrected chi connectivity index (χ2v) is 11.7. The Bertz CT molecular complexity index is 1040. The molecule has 0 bridgehead atoms. The van der Waals surface area contributed by atoms with Gasteiger partial charge in [0.25, 0.3) is 0 Å². The number of carboxylic acid groups (broad SMARTS) is 1. The second-order valence-electron chi connectivity index (χ2n) is 11.7. The number of nitrogens with zero attached hydrogens (tertiary/aromatic N) is 2. The highest BCUT2D eigenvalue weighted by molar-refractivity contribution is 5.74. The fourth-order valence-corrected chi connectivity index (χ4v) is 6.73. The van der Waals surface area contributed by atoms with E-state index in [1.54, 1.807) is 0 Å². The summed E-state index contributed by atoms with van der Waals surface area (Å²) >= 11 is 0. The van der Waals surface area contributed by atoms with Gasteiger partial charge in [0.2, 0.25) is 0 Å². The minimum absolute atomic E-state index is 0.0399. The highest BCUT2D eigenvalue weighted by atomic mass is 16.4. The van der Waals surface area contributed by atoms with Crippen LogP contribution in [0.2, 0.25) is 0 Å². The number of nitrogens with one attached hydrogen (secondary N) is 2. The minimum atomic E-state index is -0.743. The van der Waals surface area contributed by atoms with Crippen molar-refractivity contribution in [2.24, 2.45) is 5.92 Å². The van der Waals surface area contributed by atoms with Crippen molar-refractivity contribution in [1.82, 2.24) is 20.4 Å². The Morgan fingerprint density at radius 3 is 2.27 bits per heavy atom. The zero-order valence-electron chi connectivity index (χ0n) is 24.3. The average molecular weight is 549 g/mol. The monoisotopic (exact) mass is 548 g/mol. The van der Waals surface area contributed by atoms with Crippen LogP contribution in [0.4, 0.5) is 4.79 Å². The third-order valence-corrected chi connectivity index (χ3v) is 8.74. The molecule has 2 aromatic carbocycles. The van der Waals surface area contributed by atoms with Gasteiger partial charge in [0.1, 0.15) is 6.04 Å². The number of urea groups is 1. The molecule has 2 amide bonds. The Morgan fingerprint density at radius 2 is 1.65 bits per heavy atom. The molecule has 1 saturated carbocycles. The molecule has 0 aromatic heterocycles. The second kappa shape index (κ2) is 15.2. The molecular formula is C33H48N4O3. The van der Waals surface area contributed by atoms with E-state index in [0.29, 0.717) is 24.8 Å². The van der Waals surface area contributed by atoms with Crippen LogP contribution in [0.15, 0.2) is 60.7 Å². The normalized spacial score (nSPS) is 22.6. The highest BCUT2D eigenvalue weighted by Gasteiger charge is 2.38. The molecule has 1 aliphatic carbocycles. The molecule has 7 nitrogen and oxygen atoms in total. The predicted octanol–water partition coefficient (Wildman–Crippen LogP) is 5.48. The molecule has 218 valence electrons. The molecular weight excluding hydrogens is 500 g/mol. The van der Waals surface area contributed by atoms with E-state index in [-0.39, 0.29) is 18.1 Å². The third kappa shape index (κ3) is 8.31. The summed E-state index contributed by atoms with van der Waals surface area (Å²) in [5.41, 5.74) is 2.47. The number of hydrogen-bond acceptors (Lipinski definition) is 4. The first-order chi connectivity index (χ1) is 19.5. The van der Waals surface area contributed by atoms with Crippen LogP contribution in [0, 0.1) is 5.92 Å². The van der Waals surface area contributed by atoms with Crippen LogP contribution in [0.25, 0.3) is 0 Å². The highest BCUT2D eigenvalue weighted by Crippen LogP contribution is 2.41. The van der Waals surface area contributed by atoms with Gasteiger partial charge in [0.15, 0.2) is 0 Å². The van der Waals surface area contributed by atoms with Gasteiger partial charge >= 0.3 is 12.0 Å². The third-order valence-electron chi connectivity index (χ3n) is 8.74. The Balaban J connectivity index is 1.34. The summed E-state index contributed by atoms with van der Waals surface area (Å²) in [5.74, 6) is 0.161. The lowest BCUT2D eigenvalue weighted by Crippen LogP contribution is -2.51. The van der Waals surface area contributed by atoms with Crippen LogP contribution in [0.3, 0.4) is 0 Å². The molecule has 4 rings (SSSR count). The van der Waals surface area contributed by atoms with E-state index in [2.05, 4.69) is 57.7 Å². The molecule has 0 spiro atoms. The molecule has 1 saturated heterocycles. The van der Waals surface area contributed by atoms with Gasteiger partial charge < -0.3 is 25.5 Å². The maximum absolute atomic E-state index is 13.1. The maximum Gasteiger partial charge on any atom is 0.320 e. The van der Waals surface area contributed by atoms with Crippen molar-refractivity contribution in [2.75, 3.05) is 26.2 Å². The topological polar surface area (TPSA) is 84.9 Å². The van der Waals surface area contributed by atoms with Crippen LogP contribution in [-0.2, 0) is 11.3 Å². The number of likely N-dealkylation sites (tertiary alicyclic amines) is 1. The first kappa shape index (κ1) is 30.1. The zero-order valence-corrected chi connectivity index (χ0v) is 24.3. The van der Waals surface area contributed by atoms with Crippen LogP contribution in [0.1, 0.15) is 75.8 Å². The number of benzene rings is 2. The van der Waals surface area contributed by atoms with E-state index in [1.807, 2.05) is 37.3 Å². The number of piperidine rings is 1. The number of aliphatic carboxylic acids is 1. The lowest BCUT2D eigenvalue weighted by Gasteiger charge is -2.39. The fraction of sp³-hybridized carbons (Fsp3) is 0.576. The molecule has 2 unspecified atom stereocenters. The molecule has 7 heteroatoms. The molecule has 0 radical (unpaired) electrons. The van der Waals surface area contributed by atoms with Crippen LogP contribution in [-0.4, -0.2) is 71.2 Å². The van der Waals surface area contributed by atoms with Gasteiger partial charge in [-0.25, -0.2) is 4.79 Å². The summed E-state index contributed by atoms with van der Waals surface area (Å²) < 4.78 is 0. The summed E-state index contributed by atoms with van der Waals surface area (Å²) in [5, 5.41) is 16.3. The molecule has 2 fully saturated rings. The van der Waals surface area contributed by atoms with Crippen LogP contribution < -0.4 is 10.6 Å². The summed E-state index contributed by atoms with van der Waals surface area (Å²) in [4.78, 5) is 29.6. The van der Waals surface area contributed by atoms with Gasteiger partial charge in [-0.05, 0) is 61.5 Å². The zero-order chi connectivity index (χ0) is 28.3. The minimum Gasteiger partial charge on any atom is -0.480 e. The van der Waals surface area contributed by atoms with E-state index >= 15 is 0 Å². The first-order valence-corrected chi connectivity index (χ1v) is 15.3. The van der Waals surface area contributed by atoms with Gasteiger partial charge in [-0.1, -0.05) is 80.9 Å². The molecule has 4 atom stereocenters. The lowest BCUT2D eigenvalue weighted by atomic mass is 9.88. The largest absolute Gasteiger partial charge is 0.480 e. The van der Waals surface area contributed by atoms with Gasteiger partial charge in [-0.3, -0.25) is 4.79 Å². The number of amides is 2. The summed E-state index contributed by atoms with van der Waals surface area (Å²) in [7, 11) is 0. The van der Waals surface area contributed by atoms with E-state index in [9.17, 15) is 14.7 Å². The van der Waals surface area contributed by atoms with Gasteiger partial charge in [-0.15, -0.1) is 0 Å². The SMILES string of the molecule is CCCC(NC1C[C@H](CN2CCC(N(CCC)C(=O)NCc3ccccc3)CC2)[C@@H](c2ccccc2)C1)C(=O)O. The summed E-state index contributed by atoms with van der Waals surface area (Å²) in [6.45, 7) is 8.50.